The smallest absolute Gasteiger partial charge is 0.257 e. The summed E-state index contributed by atoms with van der Waals surface area (Å²) in [6, 6.07) is 12.5. The van der Waals surface area contributed by atoms with Crippen molar-refractivity contribution in [3.63, 3.8) is 0 Å². The molecule has 3 heterocycles. The number of carbonyl (C=O) groups is 1. The molecule has 10 heteroatoms. The van der Waals surface area contributed by atoms with Gasteiger partial charge in [-0.05, 0) is 48.6 Å². The number of aromatic nitrogens is 1. The van der Waals surface area contributed by atoms with E-state index in [1.807, 2.05) is 0 Å². The number of halogens is 1. The highest BCUT2D eigenvalue weighted by molar-refractivity contribution is 7.91. The molecule has 0 bridgehead atoms. The first kappa shape index (κ1) is 21.4. The number of likely N-dealkylation sites (tertiary alicyclic amines) is 1. The van der Waals surface area contributed by atoms with Crippen molar-refractivity contribution in [1.82, 2.24) is 14.6 Å². The molecule has 0 unspecified atom stereocenters. The highest BCUT2D eigenvalue weighted by atomic mass is 32.2. The number of carbonyl (C=O) groups excluding carboxylic acids is 1. The average molecular weight is 461 g/mol. The molecular weight excluding hydrogens is 439 g/mol. The third kappa shape index (κ3) is 4.92. The van der Waals surface area contributed by atoms with Gasteiger partial charge in [0, 0.05) is 25.3 Å². The Morgan fingerprint density at radius 2 is 1.87 bits per heavy atom. The van der Waals surface area contributed by atoms with E-state index in [2.05, 4.69) is 15.0 Å². The molecule has 0 spiro atoms. The maximum absolute atomic E-state index is 14.0. The maximum Gasteiger partial charge on any atom is 0.257 e. The number of piperidine rings is 1. The van der Waals surface area contributed by atoms with E-state index in [4.69, 9.17) is 0 Å². The molecule has 1 aliphatic rings. The fourth-order valence-corrected chi connectivity index (χ4v) is 5.75. The minimum Gasteiger partial charge on any atom is -0.338 e. The van der Waals surface area contributed by atoms with Crippen LogP contribution in [-0.2, 0) is 10.0 Å². The van der Waals surface area contributed by atoms with E-state index in [0.717, 1.165) is 0 Å². The van der Waals surface area contributed by atoms with Crippen LogP contribution in [0.5, 0.6) is 0 Å². The van der Waals surface area contributed by atoms with Crippen molar-refractivity contribution in [2.75, 3.05) is 18.4 Å². The van der Waals surface area contributed by atoms with E-state index in [0.29, 0.717) is 31.5 Å². The monoisotopic (exact) mass is 460 g/mol. The highest BCUT2D eigenvalue weighted by Crippen LogP contribution is 2.24. The SMILES string of the molecule is O=C(c1cccnc1Nc1ccccc1F)N1CCC(NS(=O)(=O)c2cccs2)CC1. The topological polar surface area (TPSA) is 91.4 Å². The van der Waals surface area contributed by atoms with Crippen LogP contribution in [0.15, 0.2) is 64.3 Å². The normalized spacial score (nSPS) is 15.1. The van der Waals surface area contributed by atoms with Crippen molar-refractivity contribution < 1.29 is 17.6 Å². The van der Waals surface area contributed by atoms with Crippen molar-refractivity contribution in [2.24, 2.45) is 0 Å². The van der Waals surface area contributed by atoms with E-state index in [1.165, 1.54) is 23.6 Å². The van der Waals surface area contributed by atoms with Crippen molar-refractivity contribution in [1.29, 1.82) is 0 Å². The second-order valence-electron chi connectivity index (χ2n) is 7.12. The van der Waals surface area contributed by atoms with Gasteiger partial charge in [-0.1, -0.05) is 18.2 Å². The lowest BCUT2D eigenvalue weighted by molar-refractivity contribution is 0.0712. The van der Waals surface area contributed by atoms with Crippen LogP contribution in [0.1, 0.15) is 23.2 Å². The Bertz CT molecular complexity index is 1160. The van der Waals surface area contributed by atoms with Gasteiger partial charge < -0.3 is 10.2 Å². The quantitative estimate of drug-likeness (QED) is 0.586. The number of anilines is 2. The number of sulfonamides is 1. The molecule has 0 atom stereocenters. The van der Waals surface area contributed by atoms with Crippen LogP contribution >= 0.6 is 11.3 Å². The summed E-state index contributed by atoms with van der Waals surface area (Å²) in [4.78, 5) is 19.0. The molecule has 0 radical (unpaired) electrons. The number of rotatable bonds is 6. The molecule has 2 aromatic heterocycles. The lowest BCUT2D eigenvalue weighted by atomic mass is 10.0. The number of nitrogens with one attached hydrogen (secondary N) is 2. The number of hydrogen-bond donors (Lipinski definition) is 2. The number of hydrogen-bond acceptors (Lipinski definition) is 6. The number of benzene rings is 1. The standard InChI is InChI=1S/C21H21FN4O3S2/c22-17-6-1-2-7-18(17)24-20-16(5-3-11-23-20)21(27)26-12-9-15(10-13-26)25-31(28,29)19-8-4-14-30-19/h1-8,11,14-15,25H,9-10,12-13H2,(H,23,24). The van der Waals surface area contributed by atoms with Gasteiger partial charge >= 0.3 is 0 Å². The van der Waals surface area contributed by atoms with Gasteiger partial charge in [-0.3, -0.25) is 4.79 Å². The lowest BCUT2D eigenvalue weighted by Gasteiger charge is -2.32. The van der Waals surface area contributed by atoms with Gasteiger partial charge in [0.1, 0.15) is 15.8 Å². The van der Waals surface area contributed by atoms with Gasteiger partial charge in [0.05, 0.1) is 11.3 Å². The van der Waals surface area contributed by atoms with Crippen LogP contribution < -0.4 is 10.0 Å². The summed E-state index contributed by atoms with van der Waals surface area (Å²) in [5.74, 6) is -0.394. The summed E-state index contributed by atoms with van der Waals surface area (Å²) in [6.07, 6.45) is 2.55. The molecule has 1 aliphatic heterocycles. The second-order valence-corrected chi connectivity index (χ2v) is 10.0. The summed E-state index contributed by atoms with van der Waals surface area (Å²) < 4.78 is 41.8. The summed E-state index contributed by atoms with van der Waals surface area (Å²) in [6.45, 7) is 0.814. The van der Waals surface area contributed by atoms with Crippen molar-refractivity contribution in [3.05, 3.63) is 71.5 Å². The second kappa shape index (κ2) is 9.13. The zero-order valence-corrected chi connectivity index (χ0v) is 18.1. The van der Waals surface area contributed by atoms with Crippen molar-refractivity contribution >= 4 is 38.8 Å². The van der Waals surface area contributed by atoms with E-state index >= 15 is 0 Å². The number of para-hydroxylation sites is 1. The van der Waals surface area contributed by atoms with Gasteiger partial charge in [0.2, 0.25) is 10.0 Å². The van der Waals surface area contributed by atoms with Crippen molar-refractivity contribution in [3.8, 4) is 0 Å². The average Bonchev–Trinajstić information content (AvgIpc) is 3.32. The summed E-state index contributed by atoms with van der Waals surface area (Å²) >= 11 is 1.17. The molecule has 4 rings (SSSR count). The van der Waals surface area contributed by atoms with Gasteiger partial charge in [0.15, 0.2) is 0 Å². The first-order valence-corrected chi connectivity index (χ1v) is 12.1. The number of nitrogens with zero attached hydrogens (tertiary/aromatic N) is 2. The Hall–Kier alpha value is -2.82. The van der Waals surface area contributed by atoms with E-state index in [1.54, 1.807) is 52.7 Å². The van der Waals surface area contributed by atoms with Crippen LogP contribution in [0, 0.1) is 5.82 Å². The van der Waals surface area contributed by atoms with Crippen LogP contribution in [0.25, 0.3) is 0 Å². The summed E-state index contributed by atoms with van der Waals surface area (Å²) in [5, 5.41) is 4.61. The first-order chi connectivity index (χ1) is 14.9. The Balaban J connectivity index is 1.42. The Morgan fingerprint density at radius 1 is 1.10 bits per heavy atom. The van der Waals surface area contributed by atoms with Gasteiger partial charge in [-0.2, -0.15) is 0 Å². The van der Waals surface area contributed by atoms with E-state index in [9.17, 15) is 17.6 Å². The number of pyridine rings is 1. The molecule has 3 aromatic rings. The summed E-state index contributed by atoms with van der Waals surface area (Å²) in [5.41, 5.74) is 0.570. The zero-order chi connectivity index (χ0) is 21.8. The Kier molecular flexibility index (Phi) is 6.30. The van der Waals surface area contributed by atoms with E-state index < -0.39 is 15.8 Å². The molecule has 1 saturated heterocycles. The third-order valence-corrected chi connectivity index (χ3v) is 7.95. The Morgan fingerprint density at radius 3 is 2.58 bits per heavy atom. The first-order valence-electron chi connectivity index (χ1n) is 9.76. The largest absolute Gasteiger partial charge is 0.338 e. The number of thiophene rings is 1. The predicted molar refractivity (Wildman–Crippen MR) is 117 cm³/mol. The fraction of sp³-hybridized carbons (Fsp3) is 0.238. The van der Waals surface area contributed by atoms with Crippen molar-refractivity contribution in [2.45, 2.75) is 23.1 Å². The molecule has 162 valence electrons. The third-order valence-electron chi connectivity index (χ3n) is 5.03. The molecule has 31 heavy (non-hydrogen) atoms. The molecule has 1 aromatic carbocycles. The minimum atomic E-state index is -3.54. The van der Waals surface area contributed by atoms with Gasteiger partial charge in [-0.15, -0.1) is 11.3 Å². The molecule has 1 fully saturated rings. The summed E-state index contributed by atoms with van der Waals surface area (Å²) in [7, 11) is -3.54. The molecule has 1 amide bonds. The van der Waals surface area contributed by atoms with Gasteiger partial charge in [-0.25, -0.2) is 22.5 Å². The maximum atomic E-state index is 14.0. The number of amides is 1. The minimum absolute atomic E-state index is 0.230. The van der Waals surface area contributed by atoms with Crippen LogP contribution in [-0.4, -0.2) is 43.3 Å². The predicted octanol–water partition coefficient (Wildman–Crippen LogP) is 3.61. The van der Waals surface area contributed by atoms with Crippen LogP contribution in [0.3, 0.4) is 0 Å². The molecule has 0 aliphatic carbocycles. The highest BCUT2D eigenvalue weighted by Gasteiger charge is 2.28. The molecule has 0 saturated carbocycles. The molecular formula is C21H21FN4O3S2. The molecule has 7 nitrogen and oxygen atoms in total. The molecule has 2 N–H and O–H groups in total. The van der Waals surface area contributed by atoms with Gasteiger partial charge in [0.25, 0.3) is 5.91 Å². The van der Waals surface area contributed by atoms with Crippen LogP contribution in [0.2, 0.25) is 0 Å². The Labute approximate surface area is 184 Å². The fourth-order valence-electron chi connectivity index (χ4n) is 3.43. The van der Waals surface area contributed by atoms with E-state index in [-0.39, 0.29) is 27.7 Å². The zero-order valence-electron chi connectivity index (χ0n) is 16.5. The lowest BCUT2D eigenvalue weighted by Crippen LogP contribution is -2.46. The van der Waals surface area contributed by atoms with Crippen LogP contribution in [0.4, 0.5) is 15.9 Å².